The molecular weight excluding hydrogens is 369 g/mol. The van der Waals surface area contributed by atoms with E-state index in [1.165, 1.54) is 14.8 Å². The van der Waals surface area contributed by atoms with Crippen LogP contribution in [0.4, 0.5) is 13.2 Å². The van der Waals surface area contributed by atoms with Crippen LogP contribution < -0.4 is 0 Å². The monoisotopic (exact) mass is 370 g/mol. The number of benzene rings is 1. The van der Waals surface area contributed by atoms with Gasteiger partial charge in [-0.1, -0.05) is 10.6 Å². The van der Waals surface area contributed by atoms with E-state index in [1.54, 1.807) is 0 Å². The molecule has 0 saturated carbocycles. The van der Waals surface area contributed by atoms with Crippen molar-refractivity contribution in [2.45, 2.75) is 6.18 Å². The van der Waals surface area contributed by atoms with Gasteiger partial charge in [0.15, 0.2) is 0 Å². The van der Waals surface area contributed by atoms with Crippen LogP contribution in [-0.4, -0.2) is 0 Å². The Labute approximate surface area is 99.7 Å². The third-order valence-corrected chi connectivity index (χ3v) is 1.31. The molecule has 0 saturated heterocycles. The Bertz CT molecular complexity index is 264. The second-order valence-electron chi connectivity index (χ2n) is 1.92. The van der Waals surface area contributed by atoms with Crippen LogP contribution in [0.25, 0.3) is 0 Å². The quantitative estimate of drug-likeness (QED) is 0.367. The first kappa shape index (κ1) is 13.7. The minimum atomic E-state index is -4.32. The van der Waals surface area contributed by atoms with Crippen molar-refractivity contribution in [3.8, 4) is 0 Å². The molecule has 0 bridgehead atoms. The summed E-state index contributed by atoms with van der Waals surface area (Å²) in [5.41, 5.74) is -0.749. The summed E-state index contributed by atoms with van der Waals surface area (Å²) in [6.07, 6.45) is -4.32. The predicted molar refractivity (Wildman–Crippen MR) is 49.3 cm³/mol. The van der Waals surface area contributed by atoms with E-state index in [1.807, 2.05) is 0 Å². The number of hydrogen-bond donors (Lipinski definition) is 0. The van der Waals surface area contributed by atoms with Gasteiger partial charge < -0.3 is 0 Å². The second kappa shape index (κ2) is 6.20. The molecule has 1 rings (SSSR count). The summed E-state index contributed by atoms with van der Waals surface area (Å²) in [5.74, 6) is 0. The van der Waals surface area contributed by atoms with Crippen molar-refractivity contribution in [2.24, 2.45) is 0 Å². The summed E-state index contributed by atoms with van der Waals surface area (Å²) in [6, 6.07) is 5.31. The molecule has 0 radical (unpaired) electrons. The molecule has 0 unspecified atom stereocenters. The van der Waals surface area contributed by atoms with Crippen molar-refractivity contribution in [3.05, 3.63) is 34.9 Å². The molecule has 0 fully saturated rings. The molecule has 6 heteroatoms. The van der Waals surface area contributed by atoms with Crippen molar-refractivity contribution in [1.82, 2.24) is 0 Å². The first-order chi connectivity index (χ1) is 6.00. The first-order valence-electron chi connectivity index (χ1n) is 3.01. The molecule has 1 aromatic carbocycles. The average Bonchev–Trinajstić information content (AvgIpc) is 2.06. The van der Waals surface area contributed by atoms with Crippen LogP contribution in [-0.2, 0) is 21.0 Å². The molecule has 0 aliphatic rings. The van der Waals surface area contributed by atoms with E-state index in [2.05, 4.69) is 25.8 Å². The average molecular weight is 372 g/mol. The van der Waals surface area contributed by atoms with Gasteiger partial charge in [0.2, 0.25) is 0 Å². The van der Waals surface area contributed by atoms with Crippen molar-refractivity contribution >= 4 is 31.4 Å². The van der Waals surface area contributed by atoms with E-state index in [4.69, 9.17) is 11.6 Å². The standard InChI is InChI=1S/C7H3ClF3.HI.Zn/c8-6-3-1-2-5(4-6)7(9,10)11;;/h1-2,4H;1H;/q-1;;+2/p-1. The van der Waals surface area contributed by atoms with Crippen LogP contribution in [0.3, 0.4) is 0 Å². The van der Waals surface area contributed by atoms with Gasteiger partial charge in [-0.2, -0.15) is 31.4 Å². The fourth-order valence-corrected chi connectivity index (χ4v) is 0.794. The normalized spacial score (nSPS) is 10.4. The second-order valence-corrected chi connectivity index (χ2v) is 2.33. The molecule has 0 aliphatic heterocycles. The summed E-state index contributed by atoms with van der Waals surface area (Å²) >= 11 is 8.92. The maximum atomic E-state index is 11.9. The summed E-state index contributed by atoms with van der Waals surface area (Å²) in [6.45, 7) is 0. The summed E-state index contributed by atoms with van der Waals surface area (Å²) in [7, 11) is 0. The van der Waals surface area contributed by atoms with Gasteiger partial charge in [-0.3, -0.25) is 0 Å². The fourth-order valence-electron chi connectivity index (χ4n) is 0.614. The van der Waals surface area contributed by atoms with Gasteiger partial charge in [0, 0.05) is 0 Å². The predicted octanol–water partition coefficient (Wildman–Crippen LogP) is 4.04. The molecule has 0 atom stereocenters. The first-order valence-corrected chi connectivity index (χ1v) is 12.4. The van der Waals surface area contributed by atoms with E-state index < -0.39 is 11.7 Å². The molecule has 0 heterocycles. The molecule has 68 valence electrons. The zero-order valence-corrected chi connectivity index (χ0v) is 12.2. The summed E-state index contributed by atoms with van der Waals surface area (Å²) < 4.78 is 35.7. The van der Waals surface area contributed by atoms with Crippen LogP contribution in [0.15, 0.2) is 18.2 Å². The SMILES string of the molecule is FC(F)(F)c1cc[c-]c(Cl)c1.[Zn+][I]. The number of alkyl halides is 3. The summed E-state index contributed by atoms with van der Waals surface area (Å²) in [5, 5.41) is -0.0279. The van der Waals surface area contributed by atoms with Crippen molar-refractivity contribution in [3.63, 3.8) is 0 Å². The van der Waals surface area contributed by atoms with Crippen LogP contribution in [0.1, 0.15) is 5.56 Å². The van der Waals surface area contributed by atoms with E-state index in [0.29, 0.717) is 0 Å². The van der Waals surface area contributed by atoms with Gasteiger partial charge in [-0.15, -0.1) is 17.7 Å². The molecule has 13 heavy (non-hydrogen) atoms. The molecule has 0 nitrogen and oxygen atoms in total. The van der Waals surface area contributed by atoms with Crippen molar-refractivity contribution in [2.75, 3.05) is 0 Å². The van der Waals surface area contributed by atoms with E-state index in [-0.39, 0.29) is 5.02 Å². The Kier molecular flexibility index (Phi) is 6.51. The minimum absolute atomic E-state index is 0.0279. The molecular formula is C7H3ClF3IZn. The van der Waals surface area contributed by atoms with Crippen molar-refractivity contribution in [1.29, 1.82) is 0 Å². The van der Waals surface area contributed by atoms with E-state index in [9.17, 15) is 13.2 Å². The Morgan fingerprint density at radius 3 is 2.23 bits per heavy atom. The Hall–Kier alpha value is 0.653. The molecule has 0 aliphatic carbocycles. The van der Waals surface area contributed by atoms with E-state index >= 15 is 0 Å². The summed E-state index contributed by atoms with van der Waals surface area (Å²) in [4.78, 5) is 0. The Morgan fingerprint density at radius 1 is 1.38 bits per heavy atom. The van der Waals surface area contributed by atoms with E-state index in [0.717, 1.165) is 18.2 Å². The maximum absolute atomic E-state index is 11.9. The molecule has 0 spiro atoms. The number of hydrogen-bond acceptors (Lipinski definition) is 0. The topological polar surface area (TPSA) is 0 Å². The zero-order valence-electron chi connectivity index (χ0n) is 6.33. The molecule has 0 amide bonds. The third-order valence-electron chi connectivity index (χ3n) is 1.09. The van der Waals surface area contributed by atoms with Crippen LogP contribution in [0.2, 0.25) is 5.02 Å². The Morgan fingerprint density at radius 2 is 1.92 bits per heavy atom. The van der Waals surface area contributed by atoms with Gasteiger partial charge in [0.05, 0.1) is 0 Å². The van der Waals surface area contributed by atoms with Crippen LogP contribution in [0, 0.1) is 6.07 Å². The number of rotatable bonds is 0. The van der Waals surface area contributed by atoms with Gasteiger partial charge in [-0.25, -0.2) is 0 Å². The zero-order chi connectivity index (χ0) is 10.5. The fraction of sp³-hybridized carbons (Fsp3) is 0.143. The van der Waals surface area contributed by atoms with Gasteiger partial charge in [0.1, 0.15) is 0 Å². The van der Waals surface area contributed by atoms with Crippen LogP contribution >= 0.6 is 31.4 Å². The molecule has 0 aromatic heterocycles. The van der Waals surface area contributed by atoms with Gasteiger partial charge in [0.25, 0.3) is 0 Å². The molecule has 1 aromatic rings. The third kappa shape index (κ3) is 5.18. The molecule has 0 N–H and O–H groups in total. The van der Waals surface area contributed by atoms with Crippen LogP contribution in [0.5, 0.6) is 0 Å². The Balaban J connectivity index is 0.000000671. The van der Waals surface area contributed by atoms with Gasteiger partial charge in [-0.05, 0) is 0 Å². The van der Waals surface area contributed by atoms with Crippen molar-refractivity contribution < 1.29 is 28.0 Å². The van der Waals surface area contributed by atoms with Gasteiger partial charge >= 0.3 is 40.7 Å². The number of halogens is 5.